The van der Waals surface area contributed by atoms with Crippen molar-refractivity contribution in [3.05, 3.63) is 0 Å². The first-order valence-electron chi connectivity index (χ1n) is 5.53. The number of amidine groups is 1. The van der Waals surface area contributed by atoms with Crippen molar-refractivity contribution in [1.82, 2.24) is 5.32 Å². The van der Waals surface area contributed by atoms with Gasteiger partial charge in [-0.15, -0.1) is 0 Å². The van der Waals surface area contributed by atoms with E-state index < -0.39 is 0 Å². The van der Waals surface area contributed by atoms with Crippen molar-refractivity contribution in [2.45, 2.75) is 25.7 Å². The number of carbonyl (C=O) groups excluding carboxylic acids is 1. The number of ether oxygens (including phenoxy) is 1. The molecule has 1 aliphatic carbocycles. The number of oxime groups is 1. The molecule has 0 atom stereocenters. The van der Waals surface area contributed by atoms with Crippen LogP contribution in [-0.2, 0) is 9.53 Å². The molecule has 1 aliphatic rings. The third-order valence-corrected chi connectivity index (χ3v) is 2.31. The van der Waals surface area contributed by atoms with Crippen LogP contribution in [0.4, 0.5) is 0 Å². The molecule has 1 rings (SSSR count). The molecule has 0 unspecified atom stereocenters. The van der Waals surface area contributed by atoms with Gasteiger partial charge in [-0.2, -0.15) is 0 Å². The molecule has 6 nitrogen and oxygen atoms in total. The Morgan fingerprint density at radius 3 is 2.94 bits per heavy atom. The van der Waals surface area contributed by atoms with E-state index in [1.807, 2.05) is 0 Å². The Hall–Kier alpha value is -1.30. The standard InChI is InChI=1S/C10H19N3O3/c11-9(13-15)6-10(14)12-4-1-5-16-7-8-2-3-8/h8,15H,1-7H2,(H2,11,13)(H,12,14). The van der Waals surface area contributed by atoms with Gasteiger partial charge in [-0.25, -0.2) is 0 Å². The predicted molar refractivity (Wildman–Crippen MR) is 59.2 cm³/mol. The Bertz CT molecular complexity index is 252. The van der Waals surface area contributed by atoms with Gasteiger partial charge in [0.2, 0.25) is 5.91 Å². The third kappa shape index (κ3) is 6.23. The van der Waals surface area contributed by atoms with Crippen LogP contribution in [0.25, 0.3) is 0 Å². The smallest absolute Gasteiger partial charge is 0.227 e. The molecule has 1 fully saturated rings. The summed E-state index contributed by atoms with van der Waals surface area (Å²) in [5, 5.41) is 13.6. The molecule has 0 saturated heterocycles. The second-order valence-electron chi connectivity index (χ2n) is 3.99. The average Bonchev–Trinajstić information content (AvgIpc) is 3.06. The Morgan fingerprint density at radius 1 is 1.56 bits per heavy atom. The SMILES string of the molecule is NC(CC(=O)NCCCOCC1CC1)=NO. The molecule has 0 aromatic heterocycles. The first kappa shape index (κ1) is 12.8. The van der Waals surface area contributed by atoms with Crippen LogP contribution < -0.4 is 11.1 Å². The summed E-state index contributed by atoms with van der Waals surface area (Å²) in [6, 6.07) is 0. The van der Waals surface area contributed by atoms with Crippen LogP contribution in [-0.4, -0.2) is 36.7 Å². The van der Waals surface area contributed by atoms with Crippen molar-refractivity contribution in [3.8, 4) is 0 Å². The molecule has 92 valence electrons. The van der Waals surface area contributed by atoms with Gasteiger partial charge < -0.3 is 21.0 Å². The maximum Gasteiger partial charge on any atom is 0.227 e. The molecule has 6 heteroatoms. The molecule has 4 N–H and O–H groups in total. The van der Waals surface area contributed by atoms with Crippen molar-refractivity contribution in [1.29, 1.82) is 0 Å². The fourth-order valence-electron chi connectivity index (χ4n) is 1.20. The topological polar surface area (TPSA) is 96.9 Å². The fraction of sp³-hybridized carbons (Fsp3) is 0.800. The van der Waals surface area contributed by atoms with Crippen molar-refractivity contribution in [2.24, 2.45) is 16.8 Å². The highest BCUT2D eigenvalue weighted by Crippen LogP contribution is 2.28. The van der Waals surface area contributed by atoms with E-state index >= 15 is 0 Å². The lowest BCUT2D eigenvalue weighted by Gasteiger charge is -2.05. The molecular formula is C10H19N3O3. The van der Waals surface area contributed by atoms with Crippen molar-refractivity contribution < 1.29 is 14.7 Å². The van der Waals surface area contributed by atoms with Crippen LogP contribution in [0.3, 0.4) is 0 Å². The fourth-order valence-corrected chi connectivity index (χ4v) is 1.20. The molecule has 0 aliphatic heterocycles. The summed E-state index contributed by atoms with van der Waals surface area (Å²) < 4.78 is 5.40. The highest BCUT2D eigenvalue weighted by molar-refractivity contribution is 5.98. The van der Waals surface area contributed by atoms with Crippen LogP contribution in [0.1, 0.15) is 25.7 Å². The average molecular weight is 229 g/mol. The van der Waals surface area contributed by atoms with Crippen LogP contribution in [0.2, 0.25) is 0 Å². The molecule has 0 heterocycles. The summed E-state index contributed by atoms with van der Waals surface area (Å²) in [5.74, 6) is 0.454. The molecule has 0 aromatic carbocycles. The molecule has 1 saturated carbocycles. The number of nitrogens with zero attached hydrogens (tertiary/aromatic N) is 1. The quantitative estimate of drug-likeness (QED) is 0.180. The lowest BCUT2D eigenvalue weighted by molar-refractivity contribution is -0.120. The summed E-state index contributed by atoms with van der Waals surface area (Å²) >= 11 is 0. The van der Waals surface area contributed by atoms with Gasteiger partial charge in [0.15, 0.2) is 0 Å². The highest BCUT2D eigenvalue weighted by atomic mass is 16.5. The molecule has 0 radical (unpaired) electrons. The predicted octanol–water partition coefficient (Wildman–Crippen LogP) is 0.0558. The summed E-state index contributed by atoms with van der Waals surface area (Å²) in [6.45, 7) is 2.07. The van der Waals surface area contributed by atoms with E-state index in [1.165, 1.54) is 12.8 Å². The molecular weight excluding hydrogens is 210 g/mol. The summed E-state index contributed by atoms with van der Waals surface area (Å²) in [5.41, 5.74) is 5.18. The zero-order chi connectivity index (χ0) is 11.8. The van der Waals surface area contributed by atoms with Crippen molar-refractivity contribution in [3.63, 3.8) is 0 Å². The van der Waals surface area contributed by atoms with Gasteiger partial charge in [0, 0.05) is 19.8 Å². The first-order valence-corrected chi connectivity index (χ1v) is 5.53. The molecule has 0 bridgehead atoms. The minimum absolute atomic E-state index is 0.0700. The molecule has 0 spiro atoms. The number of nitrogens with two attached hydrogens (primary N) is 1. The molecule has 1 amide bonds. The zero-order valence-electron chi connectivity index (χ0n) is 9.32. The van der Waals surface area contributed by atoms with Gasteiger partial charge >= 0.3 is 0 Å². The summed E-state index contributed by atoms with van der Waals surface area (Å²) in [7, 11) is 0. The monoisotopic (exact) mass is 229 g/mol. The number of hydrogen-bond donors (Lipinski definition) is 3. The third-order valence-electron chi connectivity index (χ3n) is 2.31. The molecule has 16 heavy (non-hydrogen) atoms. The van der Waals surface area contributed by atoms with Gasteiger partial charge in [0.25, 0.3) is 0 Å². The Balaban J connectivity index is 1.87. The maximum atomic E-state index is 11.1. The lowest BCUT2D eigenvalue weighted by atomic mass is 10.3. The number of rotatable bonds is 8. The minimum Gasteiger partial charge on any atom is -0.409 e. The number of amides is 1. The summed E-state index contributed by atoms with van der Waals surface area (Å²) in [4.78, 5) is 11.1. The largest absolute Gasteiger partial charge is 0.409 e. The Kier molecular flexibility index (Phi) is 5.63. The normalized spacial score (nSPS) is 16.1. The van der Waals surface area contributed by atoms with Gasteiger partial charge in [0.05, 0.1) is 6.42 Å². The number of hydrogen-bond acceptors (Lipinski definition) is 4. The first-order chi connectivity index (χ1) is 7.72. The van der Waals surface area contributed by atoms with Crippen molar-refractivity contribution >= 4 is 11.7 Å². The highest BCUT2D eigenvalue weighted by Gasteiger charge is 2.20. The van der Waals surface area contributed by atoms with E-state index in [0.717, 1.165) is 18.9 Å². The van der Waals surface area contributed by atoms with Gasteiger partial charge in [-0.05, 0) is 25.2 Å². The van der Waals surface area contributed by atoms with E-state index in [1.54, 1.807) is 0 Å². The van der Waals surface area contributed by atoms with Gasteiger partial charge in [-0.3, -0.25) is 4.79 Å². The van der Waals surface area contributed by atoms with E-state index in [2.05, 4.69) is 10.5 Å². The van der Waals surface area contributed by atoms with E-state index in [4.69, 9.17) is 15.7 Å². The van der Waals surface area contributed by atoms with Crippen molar-refractivity contribution in [2.75, 3.05) is 19.8 Å². The van der Waals surface area contributed by atoms with Gasteiger partial charge in [-0.1, -0.05) is 5.16 Å². The van der Waals surface area contributed by atoms with Crippen LogP contribution in [0.5, 0.6) is 0 Å². The second-order valence-corrected chi connectivity index (χ2v) is 3.99. The lowest BCUT2D eigenvalue weighted by Crippen LogP contribution is -2.29. The maximum absolute atomic E-state index is 11.1. The van der Waals surface area contributed by atoms with E-state index in [0.29, 0.717) is 13.2 Å². The van der Waals surface area contributed by atoms with E-state index in [9.17, 15) is 4.79 Å². The zero-order valence-corrected chi connectivity index (χ0v) is 9.32. The summed E-state index contributed by atoms with van der Waals surface area (Å²) in [6.07, 6.45) is 3.29. The van der Waals surface area contributed by atoms with Crippen LogP contribution in [0, 0.1) is 5.92 Å². The second kappa shape index (κ2) is 7.05. The number of nitrogens with one attached hydrogen (secondary N) is 1. The van der Waals surface area contributed by atoms with Crippen LogP contribution >= 0.6 is 0 Å². The Labute approximate surface area is 94.8 Å². The van der Waals surface area contributed by atoms with Crippen LogP contribution in [0.15, 0.2) is 5.16 Å². The minimum atomic E-state index is -0.238. The van der Waals surface area contributed by atoms with E-state index in [-0.39, 0.29) is 18.2 Å². The Morgan fingerprint density at radius 2 is 2.31 bits per heavy atom. The van der Waals surface area contributed by atoms with Gasteiger partial charge in [0.1, 0.15) is 5.84 Å². The number of carbonyl (C=O) groups is 1. The molecule has 0 aromatic rings.